The smallest absolute Gasteiger partial charge is 0.222 e. The summed E-state index contributed by atoms with van der Waals surface area (Å²) in [4.78, 5) is 0. The normalized spacial score (nSPS) is 11.7. The van der Waals surface area contributed by atoms with E-state index >= 15 is 0 Å². The molecule has 0 amide bonds. The van der Waals surface area contributed by atoms with Crippen LogP contribution in [0.15, 0.2) is 71.9 Å². The van der Waals surface area contributed by atoms with E-state index in [-0.39, 0.29) is 17.1 Å². The number of phosphoric acid groups is 1. The summed E-state index contributed by atoms with van der Waals surface area (Å²) < 4.78 is 37.6. The van der Waals surface area contributed by atoms with Gasteiger partial charge in [0.1, 0.15) is 17.1 Å². The summed E-state index contributed by atoms with van der Waals surface area (Å²) in [6, 6.07) is 5.06. The van der Waals surface area contributed by atoms with Crippen molar-refractivity contribution >= 4 is 216 Å². The van der Waals surface area contributed by atoms with Gasteiger partial charge in [-0.15, -0.1) is 13.9 Å². The monoisotopic (exact) mass is 1350 g/mol. The molecule has 0 fully saturated rings. The van der Waals surface area contributed by atoms with Crippen molar-refractivity contribution in [3.63, 3.8) is 0 Å². The fourth-order valence-corrected chi connectivity index (χ4v) is 12.1. The van der Waals surface area contributed by atoms with E-state index in [1.165, 1.54) is 0 Å². The second-order valence-corrected chi connectivity index (χ2v) is 18.4. The molecule has 0 bridgehead atoms. The largest absolute Gasteiger partial charge is 0.543 e. The van der Waals surface area contributed by atoms with Crippen LogP contribution in [-0.4, -0.2) is 0 Å². The van der Waals surface area contributed by atoms with Gasteiger partial charge in [0.05, 0.1) is 13.4 Å². The standard InChI is InChI=1S/C18H9Br12N6O4P/c19-4-1-7(22)16(13(28)10(4)25)34(31)38-41(37,39-35(32)17-8(23)2-5(20)11(26)14(17)29)40-36(33)18-9(24)3-6(21)12(27)15(18)30/h1-3H,31-33H2. The first-order chi connectivity index (χ1) is 18.9. The average Bonchev–Trinajstić information content (AvgIpc) is 2.84. The quantitative estimate of drug-likeness (QED) is 0.0625. The van der Waals surface area contributed by atoms with Gasteiger partial charge in [0, 0.05) is 40.3 Å². The molecule has 0 aliphatic heterocycles. The predicted octanol–water partition coefficient (Wildman–Crippen LogP) is 12.2. The van der Waals surface area contributed by atoms with Gasteiger partial charge in [-0.25, -0.2) is 22.1 Å². The minimum Gasteiger partial charge on any atom is -0.222 e. The Bertz CT molecular complexity index is 1390. The highest BCUT2D eigenvalue weighted by molar-refractivity contribution is 9.15. The summed E-state index contributed by atoms with van der Waals surface area (Å²) in [5, 5.41) is 2.03. The van der Waals surface area contributed by atoms with Gasteiger partial charge in [-0.05, 0) is 209 Å². The fraction of sp³-hybridized carbons (Fsp3) is 0. The number of halogens is 12. The lowest BCUT2D eigenvalue weighted by atomic mass is 10.3. The zero-order valence-electron chi connectivity index (χ0n) is 18.9. The van der Waals surface area contributed by atoms with Crippen molar-refractivity contribution in [2.45, 2.75) is 0 Å². The molecule has 0 heterocycles. The lowest BCUT2D eigenvalue weighted by molar-refractivity contribution is 0.0854. The first-order valence-electron chi connectivity index (χ1n) is 9.72. The van der Waals surface area contributed by atoms with E-state index in [0.717, 1.165) is 0 Å². The number of benzene rings is 3. The van der Waals surface area contributed by atoms with Crippen molar-refractivity contribution in [2.24, 2.45) is 17.5 Å². The lowest BCUT2D eigenvalue weighted by Crippen LogP contribution is -2.39. The first-order valence-corrected chi connectivity index (χ1v) is 20.7. The SMILES string of the molecule is NN(OP(=O)(ON(N)c1c(Br)cc(Br)c(Br)c1Br)ON(N)c1c(Br)cc(Br)c(Br)c1Br)c1c(Br)cc(Br)c(Br)c1Br. The summed E-state index contributed by atoms with van der Waals surface area (Å²) in [5.41, 5.74) is 0.631. The molecule has 0 spiro atoms. The van der Waals surface area contributed by atoms with Gasteiger partial charge >= 0.3 is 7.82 Å². The molecule has 0 saturated heterocycles. The topological polar surface area (TPSA) is 133 Å². The Balaban J connectivity index is 2.10. The van der Waals surface area contributed by atoms with Crippen molar-refractivity contribution in [2.75, 3.05) is 15.5 Å². The van der Waals surface area contributed by atoms with Crippen LogP contribution in [0.2, 0.25) is 0 Å². The third-order valence-corrected chi connectivity index (χ3v) is 17.3. The molecule has 0 radical (unpaired) electrons. The van der Waals surface area contributed by atoms with E-state index in [0.29, 0.717) is 69.2 Å². The van der Waals surface area contributed by atoms with Crippen molar-refractivity contribution in [1.29, 1.82) is 0 Å². The Morgan fingerprint density at radius 2 is 0.659 bits per heavy atom. The predicted molar refractivity (Wildman–Crippen MR) is 203 cm³/mol. The highest BCUT2D eigenvalue weighted by Crippen LogP contribution is 2.56. The van der Waals surface area contributed by atoms with Gasteiger partial charge in [-0.2, -0.15) is 15.5 Å². The fourth-order valence-electron chi connectivity index (χ4n) is 2.77. The van der Waals surface area contributed by atoms with Gasteiger partial charge in [0.25, 0.3) is 0 Å². The van der Waals surface area contributed by atoms with E-state index < -0.39 is 7.82 Å². The summed E-state index contributed by atoms with van der Waals surface area (Å²) in [7, 11) is -4.89. The molecule has 224 valence electrons. The van der Waals surface area contributed by atoms with Crippen molar-refractivity contribution in [3.05, 3.63) is 71.9 Å². The van der Waals surface area contributed by atoms with Crippen molar-refractivity contribution in [3.8, 4) is 0 Å². The van der Waals surface area contributed by atoms with Gasteiger partial charge < -0.3 is 0 Å². The number of nitrogens with zero attached hydrogens (tertiary/aromatic N) is 3. The van der Waals surface area contributed by atoms with Crippen molar-refractivity contribution < 1.29 is 18.4 Å². The molecule has 23 heteroatoms. The molecule has 3 rings (SSSR count). The Hall–Kier alpha value is 2.81. The van der Waals surface area contributed by atoms with Crippen LogP contribution in [0.25, 0.3) is 0 Å². The zero-order valence-corrected chi connectivity index (χ0v) is 38.8. The Kier molecular flexibility index (Phi) is 14.7. The van der Waals surface area contributed by atoms with Gasteiger partial charge in [-0.1, -0.05) is 0 Å². The summed E-state index contributed by atoms with van der Waals surface area (Å²) in [5.74, 6) is 18.7. The highest BCUT2D eigenvalue weighted by atomic mass is 79.9. The summed E-state index contributed by atoms with van der Waals surface area (Å²) >= 11 is 41.1. The maximum absolute atomic E-state index is 14.3. The molecule has 0 aliphatic rings. The molecule has 6 N–H and O–H groups in total. The second-order valence-electron chi connectivity index (χ2n) is 7.12. The Morgan fingerprint density at radius 1 is 0.439 bits per heavy atom. The van der Waals surface area contributed by atoms with Crippen LogP contribution in [0.1, 0.15) is 0 Å². The molecule has 0 aromatic heterocycles. The number of hydrogen-bond acceptors (Lipinski definition) is 10. The minimum absolute atomic E-state index is 0.210. The van der Waals surface area contributed by atoms with Crippen LogP contribution < -0.4 is 33.0 Å². The molecule has 0 saturated carbocycles. The molecular weight excluding hydrogens is 1350 g/mol. The van der Waals surface area contributed by atoms with E-state index in [1.807, 2.05) is 0 Å². The number of nitrogens with two attached hydrogens (primary N) is 3. The Labute approximate surface area is 334 Å². The van der Waals surface area contributed by atoms with Crippen LogP contribution in [0.3, 0.4) is 0 Å². The summed E-state index contributed by atoms with van der Waals surface area (Å²) in [6.07, 6.45) is 0. The van der Waals surface area contributed by atoms with Crippen LogP contribution >= 0.6 is 199 Å². The molecule has 0 unspecified atom stereocenters. The zero-order chi connectivity index (χ0) is 31.1. The molecular formula is C18H9Br12N6O4P. The van der Waals surface area contributed by atoms with Crippen LogP contribution in [0.5, 0.6) is 0 Å². The van der Waals surface area contributed by atoms with E-state index in [1.54, 1.807) is 18.2 Å². The molecule has 41 heavy (non-hydrogen) atoms. The van der Waals surface area contributed by atoms with E-state index in [9.17, 15) is 4.57 Å². The van der Waals surface area contributed by atoms with Crippen LogP contribution in [0.4, 0.5) is 17.1 Å². The molecule has 3 aromatic carbocycles. The van der Waals surface area contributed by atoms with Gasteiger partial charge in [0.2, 0.25) is 0 Å². The number of hydrazine groups is 3. The Morgan fingerprint density at radius 3 is 0.878 bits per heavy atom. The lowest BCUT2D eigenvalue weighted by Gasteiger charge is -2.31. The van der Waals surface area contributed by atoms with Gasteiger partial charge in [-0.3, -0.25) is 0 Å². The third kappa shape index (κ3) is 8.84. The molecule has 10 nitrogen and oxygen atoms in total. The number of rotatable bonds is 9. The number of anilines is 3. The third-order valence-electron chi connectivity index (χ3n) is 4.49. The first kappa shape index (κ1) is 38.3. The average molecular weight is 1360 g/mol. The van der Waals surface area contributed by atoms with Gasteiger partial charge in [0.15, 0.2) is 0 Å². The highest BCUT2D eigenvalue weighted by Gasteiger charge is 2.40. The maximum atomic E-state index is 14.3. The van der Waals surface area contributed by atoms with Crippen LogP contribution in [0, 0.1) is 0 Å². The van der Waals surface area contributed by atoms with Crippen molar-refractivity contribution in [1.82, 2.24) is 0 Å². The summed E-state index contributed by atoms with van der Waals surface area (Å²) in [6.45, 7) is 0. The second kappa shape index (κ2) is 15.8. The van der Waals surface area contributed by atoms with Crippen LogP contribution in [-0.2, 0) is 18.4 Å². The molecule has 3 aromatic rings. The van der Waals surface area contributed by atoms with E-state index in [4.69, 9.17) is 31.4 Å². The molecule has 0 aliphatic carbocycles. The van der Waals surface area contributed by atoms with E-state index in [2.05, 4.69) is 191 Å². The maximum Gasteiger partial charge on any atom is 0.543 e. The number of hydrogen-bond donors (Lipinski definition) is 3. The molecule has 0 atom stereocenters. The minimum atomic E-state index is -4.89.